The second-order valence-corrected chi connectivity index (χ2v) is 7.00. The molecule has 2 atom stereocenters. The summed E-state index contributed by atoms with van der Waals surface area (Å²) in [6.45, 7) is 4.18. The first-order valence-corrected chi connectivity index (χ1v) is 8.55. The third kappa shape index (κ3) is 3.18. The molecule has 1 aliphatic rings. The molecule has 0 aliphatic carbocycles. The van der Waals surface area contributed by atoms with Crippen LogP contribution in [0.15, 0.2) is 46.9 Å². The number of hydrogen-bond acceptors (Lipinski definition) is 1. The van der Waals surface area contributed by atoms with E-state index in [1.807, 2.05) is 12.1 Å². The van der Waals surface area contributed by atoms with Gasteiger partial charge in [-0.15, -0.1) is 0 Å². The molecule has 1 saturated heterocycles. The number of benzene rings is 2. The van der Waals surface area contributed by atoms with E-state index in [2.05, 4.69) is 58.5 Å². The van der Waals surface area contributed by atoms with Gasteiger partial charge in [-0.05, 0) is 54.6 Å². The molecule has 1 aliphatic heterocycles. The normalized spacial score (nSPS) is 22.2. The van der Waals surface area contributed by atoms with Crippen LogP contribution < -0.4 is 5.32 Å². The molecule has 0 saturated carbocycles. The minimum Gasteiger partial charge on any atom is -0.316 e. The minimum absolute atomic E-state index is 0.432. The maximum Gasteiger partial charge on any atom is 0.0441 e. The molecule has 110 valence electrons. The van der Waals surface area contributed by atoms with Gasteiger partial charge in [0.25, 0.3) is 0 Å². The van der Waals surface area contributed by atoms with Gasteiger partial charge >= 0.3 is 0 Å². The van der Waals surface area contributed by atoms with Crippen LogP contribution >= 0.6 is 27.5 Å². The SMILES string of the molecule is Cc1ccc(C2CCNCC2c2ccccc2Cl)cc1Br. The molecule has 0 spiro atoms. The molecule has 3 heteroatoms. The Kier molecular flexibility index (Phi) is 4.68. The maximum atomic E-state index is 6.43. The average Bonchev–Trinajstić information content (AvgIpc) is 2.51. The molecule has 3 rings (SSSR count). The van der Waals surface area contributed by atoms with E-state index in [9.17, 15) is 0 Å². The smallest absolute Gasteiger partial charge is 0.0441 e. The zero-order chi connectivity index (χ0) is 14.8. The van der Waals surface area contributed by atoms with Crippen molar-refractivity contribution in [2.24, 2.45) is 0 Å². The Hall–Kier alpha value is -0.830. The number of piperidine rings is 1. The quantitative estimate of drug-likeness (QED) is 0.765. The summed E-state index contributed by atoms with van der Waals surface area (Å²) < 4.78 is 1.19. The van der Waals surface area contributed by atoms with Gasteiger partial charge in [-0.3, -0.25) is 0 Å². The highest BCUT2D eigenvalue weighted by Gasteiger charge is 2.29. The van der Waals surface area contributed by atoms with Crippen molar-refractivity contribution in [1.82, 2.24) is 5.32 Å². The first-order chi connectivity index (χ1) is 10.2. The minimum atomic E-state index is 0.432. The summed E-state index contributed by atoms with van der Waals surface area (Å²) in [5, 5.41) is 4.39. The molecule has 1 N–H and O–H groups in total. The highest BCUT2D eigenvalue weighted by Crippen LogP contribution is 2.40. The summed E-state index contributed by atoms with van der Waals surface area (Å²) in [7, 11) is 0. The van der Waals surface area contributed by atoms with Crippen molar-refractivity contribution < 1.29 is 0 Å². The predicted octanol–water partition coefficient (Wildman–Crippen LogP) is 5.27. The third-order valence-corrected chi connectivity index (χ3v) is 5.61. The van der Waals surface area contributed by atoms with Crippen LogP contribution in [-0.2, 0) is 0 Å². The lowest BCUT2D eigenvalue weighted by atomic mass is 9.77. The van der Waals surface area contributed by atoms with Crippen molar-refractivity contribution in [3.05, 3.63) is 68.7 Å². The molecule has 2 aromatic rings. The first-order valence-electron chi connectivity index (χ1n) is 7.38. The van der Waals surface area contributed by atoms with Crippen LogP contribution in [0.1, 0.15) is 34.9 Å². The van der Waals surface area contributed by atoms with E-state index in [4.69, 9.17) is 11.6 Å². The summed E-state index contributed by atoms with van der Waals surface area (Å²) in [6.07, 6.45) is 1.14. The van der Waals surface area contributed by atoms with E-state index in [0.717, 1.165) is 24.5 Å². The molecule has 0 radical (unpaired) electrons. The van der Waals surface area contributed by atoms with E-state index in [1.165, 1.54) is 21.2 Å². The van der Waals surface area contributed by atoms with Crippen molar-refractivity contribution >= 4 is 27.5 Å². The Balaban J connectivity index is 1.98. The standard InChI is InChI=1S/C18H19BrClN/c1-12-6-7-13(10-17(12)19)14-8-9-21-11-16(14)15-4-2-3-5-18(15)20/h2-7,10,14,16,21H,8-9,11H2,1H3. The highest BCUT2D eigenvalue weighted by atomic mass is 79.9. The lowest BCUT2D eigenvalue weighted by Crippen LogP contribution is -2.34. The van der Waals surface area contributed by atoms with Crippen LogP contribution in [0.25, 0.3) is 0 Å². The number of halogens is 2. The van der Waals surface area contributed by atoms with E-state index in [-0.39, 0.29) is 0 Å². The molecule has 1 fully saturated rings. The summed E-state index contributed by atoms with van der Waals surface area (Å²) in [6, 6.07) is 15.0. The monoisotopic (exact) mass is 363 g/mol. The van der Waals surface area contributed by atoms with Crippen LogP contribution in [0.3, 0.4) is 0 Å². The Bertz CT molecular complexity index is 641. The average molecular weight is 365 g/mol. The Morgan fingerprint density at radius 2 is 1.95 bits per heavy atom. The number of aryl methyl sites for hydroxylation is 1. The van der Waals surface area contributed by atoms with Crippen LogP contribution in [0.5, 0.6) is 0 Å². The summed E-state index contributed by atoms with van der Waals surface area (Å²) in [5.74, 6) is 0.949. The molecule has 0 bridgehead atoms. The second-order valence-electron chi connectivity index (χ2n) is 5.74. The van der Waals surface area contributed by atoms with Gasteiger partial charge in [0.2, 0.25) is 0 Å². The summed E-state index contributed by atoms with van der Waals surface area (Å²) in [4.78, 5) is 0. The van der Waals surface area contributed by atoms with Crippen molar-refractivity contribution in [3.8, 4) is 0 Å². The van der Waals surface area contributed by atoms with E-state index in [1.54, 1.807) is 0 Å². The van der Waals surface area contributed by atoms with E-state index < -0.39 is 0 Å². The fourth-order valence-electron chi connectivity index (χ4n) is 3.20. The van der Waals surface area contributed by atoms with Gasteiger partial charge < -0.3 is 5.32 Å². The highest BCUT2D eigenvalue weighted by molar-refractivity contribution is 9.10. The van der Waals surface area contributed by atoms with Gasteiger partial charge in [0.05, 0.1) is 0 Å². The van der Waals surface area contributed by atoms with Crippen LogP contribution in [0.2, 0.25) is 5.02 Å². The lowest BCUT2D eigenvalue weighted by Gasteiger charge is -2.33. The molecule has 0 amide bonds. The molecule has 1 heterocycles. The van der Waals surface area contributed by atoms with Gasteiger partial charge in [-0.25, -0.2) is 0 Å². The predicted molar refractivity (Wildman–Crippen MR) is 93.3 cm³/mol. The molecule has 2 aromatic carbocycles. The van der Waals surface area contributed by atoms with Crippen molar-refractivity contribution in [2.75, 3.05) is 13.1 Å². The Morgan fingerprint density at radius 3 is 2.71 bits per heavy atom. The van der Waals surface area contributed by atoms with Crippen LogP contribution in [0.4, 0.5) is 0 Å². The van der Waals surface area contributed by atoms with Crippen LogP contribution in [-0.4, -0.2) is 13.1 Å². The zero-order valence-electron chi connectivity index (χ0n) is 12.1. The number of nitrogens with one attached hydrogen (secondary N) is 1. The first kappa shape index (κ1) is 15.1. The topological polar surface area (TPSA) is 12.0 Å². The maximum absolute atomic E-state index is 6.43. The molecule has 21 heavy (non-hydrogen) atoms. The zero-order valence-corrected chi connectivity index (χ0v) is 14.4. The van der Waals surface area contributed by atoms with Gasteiger partial charge in [0, 0.05) is 22.0 Å². The number of hydrogen-bond donors (Lipinski definition) is 1. The largest absolute Gasteiger partial charge is 0.316 e. The van der Waals surface area contributed by atoms with Crippen molar-refractivity contribution in [2.45, 2.75) is 25.2 Å². The number of rotatable bonds is 2. The summed E-state index contributed by atoms with van der Waals surface area (Å²) in [5.41, 5.74) is 3.94. The molecular weight excluding hydrogens is 346 g/mol. The summed E-state index contributed by atoms with van der Waals surface area (Å²) >= 11 is 10.1. The van der Waals surface area contributed by atoms with Crippen molar-refractivity contribution in [3.63, 3.8) is 0 Å². The molecule has 0 aromatic heterocycles. The molecular formula is C18H19BrClN. The van der Waals surface area contributed by atoms with Gasteiger partial charge in [0.1, 0.15) is 0 Å². The van der Waals surface area contributed by atoms with E-state index in [0.29, 0.717) is 11.8 Å². The second kappa shape index (κ2) is 6.51. The third-order valence-electron chi connectivity index (χ3n) is 4.41. The molecule has 2 unspecified atom stereocenters. The van der Waals surface area contributed by atoms with Crippen molar-refractivity contribution in [1.29, 1.82) is 0 Å². The fraction of sp³-hybridized carbons (Fsp3) is 0.333. The Labute approximate surface area is 139 Å². The van der Waals surface area contributed by atoms with Gasteiger partial charge in [-0.1, -0.05) is 57.9 Å². The van der Waals surface area contributed by atoms with E-state index >= 15 is 0 Å². The lowest BCUT2D eigenvalue weighted by molar-refractivity contribution is 0.404. The van der Waals surface area contributed by atoms with Crippen LogP contribution in [0, 0.1) is 6.92 Å². The molecule has 1 nitrogen and oxygen atoms in total. The Morgan fingerprint density at radius 1 is 1.14 bits per heavy atom. The van der Waals surface area contributed by atoms with Gasteiger partial charge in [0.15, 0.2) is 0 Å². The van der Waals surface area contributed by atoms with Gasteiger partial charge in [-0.2, -0.15) is 0 Å². The fourth-order valence-corrected chi connectivity index (χ4v) is 3.87.